The van der Waals surface area contributed by atoms with Crippen LogP contribution in [0.2, 0.25) is 0 Å². The van der Waals surface area contributed by atoms with Gasteiger partial charge in [0, 0.05) is 13.1 Å². The van der Waals surface area contributed by atoms with E-state index >= 15 is 0 Å². The van der Waals surface area contributed by atoms with Crippen molar-refractivity contribution in [1.82, 2.24) is 10.6 Å². The monoisotopic (exact) mass is 242 g/mol. The van der Waals surface area contributed by atoms with E-state index in [1.54, 1.807) is 0 Å². The molecule has 0 aromatic rings. The molecule has 0 aliphatic heterocycles. The minimum Gasteiger partial charge on any atom is -0.391 e. The van der Waals surface area contributed by atoms with Gasteiger partial charge >= 0.3 is 6.03 Å². The van der Waals surface area contributed by atoms with E-state index in [9.17, 15) is 9.90 Å². The number of hydrogen-bond donors (Lipinski definition) is 3. The summed E-state index contributed by atoms with van der Waals surface area (Å²) in [6.45, 7) is 6.99. The van der Waals surface area contributed by atoms with Crippen LogP contribution in [-0.2, 0) is 0 Å². The molecule has 0 aromatic carbocycles. The molecule has 0 radical (unpaired) electrons. The number of rotatable bonds is 8. The lowest BCUT2D eigenvalue weighted by Gasteiger charge is -2.20. The second kappa shape index (κ2) is 10.1. The van der Waals surface area contributed by atoms with Crippen LogP contribution in [0.3, 0.4) is 0 Å². The van der Waals surface area contributed by atoms with Crippen molar-refractivity contribution >= 4 is 6.03 Å². The van der Waals surface area contributed by atoms with E-state index in [1.807, 2.05) is 19.1 Å². The quantitative estimate of drug-likeness (QED) is 0.450. The van der Waals surface area contributed by atoms with Gasteiger partial charge in [-0.25, -0.2) is 4.79 Å². The molecule has 0 aliphatic carbocycles. The number of amides is 2. The fraction of sp³-hybridized carbons (Fsp3) is 0.769. The maximum Gasteiger partial charge on any atom is 0.314 e. The van der Waals surface area contributed by atoms with Gasteiger partial charge in [0.1, 0.15) is 0 Å². The van der Waals surface area contributed by atoms with Crippen molar-refractivity contribution in [2.24, 2.45) is 5.92 Å². The smallest absolute Gasteiger partial charge is 0.314 e. The van der Waals surface area contributed by atoms with Gasteiger partial charge in [-0.3, -0.25) is 0 Å². The Morgan fingerprint density at radius 2 is 1.94 bits per heavy atom. The zero-order valence-corrected chi connectivity index (χ0v) is 11.2. The number of allylic oxidation sites excluding steroid dienone is 1. The van der Waals surface area contributed by atoms with Crippen molar-refractivity contribution in [3.63, 3.8) is 0 Å². The second-order valence-electron chi connectivity index (χ2n) is 4.14. The summed E-state index contributed by atoms with van der Waals surface area (Å²) < 4.78 is 0. The second-order valence-corrected chi connectivity index (χ2v) is 4.14. The van der Waals surface area contributed by atoms with Crippen molar-refractivity contribution in [2.45, 2.75) is 46.1 Å². The molecule has 0 aromatic heterocycles. The SMILES string of the molecule is CC=CCCNC(=O)NCC(O)C(CC)CC. The zero-order chi connectivity index (χ0) is 13.1. The van der Waals surface area contributed by atoms with Crippen LogP contribution in [0.1, 0.15) is 40.0 Å². The molecule has 1 atom stereocenters. The highest BCUT2D eigenvalue weighted by Crippen LogP contribution is 2.11. The van der Waals surface area contributed by atoms with Crippen molar-refractivity contribution < 1.29 is 9.90 Å². The number of aliphatic hydroxyl groups is 1. The Balaban J connectivity index is 3.68. The van der Waals surface area contributed by atoms with Crippen LogP contribution in [0.5, 0.6) is 0 Å². The molecule has 0 saturated carbocycles. The van der Waals surface area contributed by atoms with Gasteiger partial charge in [0.15, 0.2) is 0 Å². The van der Waals surface area contributed by atoms with E-state index in [-0.39, 0.29) is 11.9 Å². The highest BCUT2D eigenvalue weighted by molar-refractivity contribution is 5.73. The summed E-state index contributed by atoms with van der Waals surface area (Å²) in [6, 6.07) is -0.209. The normalized spacial score (nSPS) is 13.0. The Morgan fingerprint density at radius 3 is 2.47 bits per heavy atom. The van der Waals surface area contributed by atoms with Gasteiger partial charge in [0.05, 0.1) is 6.10 Å². The lowest BCUT2D eigenvalue weighted by molar-refractivity contribution is 0.103. The predicted octanol–water partition coefficient (Wildman–Crippen LogP) is 2.05. The molecule has 2 amide bonds. The molecule has 0 saturated heterocycles. The van der Waals surface area contributed by atoms with Gasteiger partial charge in [-0.05, 0) is 19.3 Å². The predicted molar refractivity (Wildman–Crippen MR) is 70.9 cm³/mol. The lowest BCUT2D eigenvalue weighted by atomic mass is 9.97. The van der Waals surface area contributed by atoms with Gasteiger partial charge in [0.25, 0.3) is 0 Å². The van der Waals surface area contributed by atoms with E-state index in [0.717, 1.165) is 19.3 Å². The molecule has 0 heterocycles. The van der Waals surface area contributed by atoms with Crippen molar-refractivity contribution in [1.29, 1.82) is 0 Å². The van der Waals surface area contributed by atoms with E-state index in [0.29, 0.717) is 13.1 Å². The number of nitrogens with one attached hydrogen (secondary N) is 2. The molecule has 0 spiro atoms. The van der Waals surface area contributed by atoms with Gasteiger partial charge in [-0.2, -0.15) is 0 Å². The summed E-state index contributed by atoms with van der Waals surface area (Å²) in [5.41, 5.74) is 0. The molecule has 0 bridgehead atoms. The molecule has 4 heteroatoms. The van der Waals surface area contributed by atoms with Crippen molar-refractivity contribution in [3.05, 3.63) is 12.2 Å². The third kappa shape index (κ3) is 7.80. The van der Waals surface area contributed by atoms with Gasteiger partial charge in [-0.1, -0.05) is 38.8 Å². The first kappa shape index (κ1) is 16.0. The van der Waals surface area contributed by atoms with Gasteiger partial charge < -0.3 is 15.7 Å². The minimum absolute atomic E-state index is 0.209. The van der Waals surface area contributed by atoms with E-state index in [4.69, 9.17) is 0 Å². The van der Waals surface area contributed by atoms with Crippen LogP contribution < -0.4 is 10.6 Å². The molecule has 4 nitrogen and oxygen atoms in total. The fourth-order valence-electron chi connectivity index (χ4n) is 1.69. The minimum atomic E-state index is -0.453. The van der Waals surface area contributed by atoms with Gasteiger partial charge in [-0.15, -0.1) is 0 Å². The van der Waals surface area contributed by atoms with Crippen LogP contribution in [-0.4, -0.2) is 30.3 Å². The van der Waals surface area contributed by atoms with Gasteiger partial charge in [0.2, 0.25) is 0 Å². The lowest BCUT2D eigenvalue weighted by Crippen LogP contribution is -2.41. The Labute approximate surface area is 104 Å². The first-order chi connectivity index (χ1) is 8.15. The molecule has 100 valence electrons. The van der Waals surface area contributed by atoms with Crippen molar-refractivity contribution in [3.8, 4) is 0 Å². The average Bonchev–Trinajstić information content (AvgIpc) is 2.33. The first-order valence-electron chi connectivity index (χ1n) is 6.46. The van der Waals surface area contributed by atoms with E-state index < -0.39 is 6.10 Å². The van der Waals surface area contributed by atoms with Crippen LogP contribution >= 0.6 is 0 Å². The Bertz CT molecular complexity index is 225. The summed E-state index contributed by atoms with van der Waals surface area (Å²) in [5.74, 6) is 0.262. The molecular weight excluding hydrogens is 216 g/mol. The molecule has 3 N–H and O–H groups in total. The first-order valence-corrected chi connectivity index (χ1v) is 6.46. The summed E-state index contributed by atoms with van der Waals surface area (Å²) in [6.07, 6.45) is 6.20. The molecule has 1 unspecified atom stereocenters. The molecule has 17 heavy (non-hydrogen) atoms. The average molecular weight is 242 g/mol. The van der Waals surface area contributed by atoms with Crippen LogP contribution in [0.15, 0.2) is 12.2 Å². The van der Waals surface area contributed by atoms with Crippen LogP contribution in [0, 0.1) is 5.92 Å². The Morgan fingerprint density at radius 1 is 1.29 bits per heavy atom. The molecule has 0 rings (SSSR count). The largest absolute Gasteiger partial charge is 0.391 e. The number of carbonyl (C=O) groups excluding carboxylic acids is 1. The third-order valence-corrected chi connectivity index (χ3v) is 2.90. The Kier molecular flexibility index (Phi) is 9.53. The summed E-state index contributed by atoms with van der Waals surface area (Å²) >= 11 is 0. The van der Waals surface area contributed by atoms with E-state index in [2.05, 4.69) is 24.5 Å². The maximum absolute atomic E-state index is 11.4. The summed E-state index contributed by atoms with van der Waals surface area (Å²) in [5, 5.41) is 15.2. The number of carbonyl (C=O) groups is 1. The standard InChI is InChI=1S/C13H26N2O2/c1-4-7-8-9-14-13(17)15-10-12(16)11(5-2)6-3/h4,7,11-12,16H,5-6,8-10H2,1-3H3,(H2,14,15,17). The zero-order valence-electron chi connectivity index (χ0n) is 11.2. The highest BCUT2D eigenvalue weighted by Gasteiger charge is 2.15. The number of aliphatic hydroxyl groups excluding tert-OH is 1. The number of hydrogen-bond acceptors (Lipinski definition) is 2. The topological polar surface area (TPSA) is 61.4 Å². The van der Waals surface area contributed by atoms with Crippen molar-refractivity contribution in [2.75, 3.05) is 13.1 Å². The maximum atomic E-state index is 11.4. The highest BCUT2D eigenvalue weighted by atomic mass is 16.3. The molecule has 0 fully saturated rings. The van der Waals surface area contributed by atoms with Crippen LogP contribution in [0.25, 0.3) is 0 Å². The molecule has 0 aliphatic rings. The number of urea groups is 1. The molecular formula is C13H26N2O2. The summed E-state index contributed by atoms with van der Waals surface area (Å²) in [7, 11) is 0. The van der Waals surface area contributed by atoms with E-state index in [1.165, 1.54) is 0 Å². The third-order valence-electron chi connectivity index (χ3n) is 2.90. The Hall–Kier alpha value is -1.03. The fourth-order valence-corrected chi connectivity index (χ4v) is 1.69. The summed E-state index contributed by atoms with van der Waals surface area (Å²) in [4.78, 5) is 11.4. The van der Waals surface area contributed by atoms with Crippen LogP contribution in [0.4, 0.5) is 4.79 Å².